The second-order valence-electron chi connectivity index (χ2n) is 7.17. The zero-order valence-corrected chi connectivity index (χ0v) is 18.2. The van der Waals surface area contributed by atoms with Crippen molar-refractivity contribution >= 4 is 13.4 Å². The predicted octanol–water partition coefficient (Wildman–Crippen LogP) is 5.27. The average molecular weight is 438 g/mol. The summed E-state index contributed by atoms with van der Waals surface area (Å²) in [6.07, 6.45) is 0.0422. The van der Waals surface area contributed by atoms with Crippen molar-refractivity contribution in [1.82, 2.24) is 0 Å². The van der Waals surface area contributed by atoms with E-state index in [4.69, 9.17) is 18.5 Å². The summed E-state index contributed by atoms with van der Waals surface area (Å²) in [7, 11) is -1.44. The van der Waals surface area contributed by atoms with Crippen molar-refractivity contribution in [3.05, 3.63) is 95.6 Å². The van der Waals surface area contributed by atoms with Gasteiger partial charge in [0.05, 0.1) is 5.56 Å². The van der Waals surface area contributed by atoms with Gasteiger partial charge < -0.3 is 18.5 Å². The van der Waals surface area contributed by atoms with Gasteiger partial charge in [-0.1, -0.05) is 60.7 Å². The maximum absolute atomic E-state index is 13.6. The molecule has 0 fully saturated rings. The van der Waals surface area contributed by atoms with Crippen molar-refractivity contribution in [2.24, 2.45) is 0 Å². The third kappa shape index (κ3) is 3.90. The van der Waals surface area contributed by atoms with Crippen molar-refractivity contribution in [1.29, 1.82) is 0 Å². The lowest BCUT2D eigenvalue weighted by molar-refractivity contribution is 0.0690. The molecule has 0 N–H and O–H groups in total. The first-order valence-corrected chi connectivity index (χ1v) is 11.4. The van der Waals surface area contributed by atoms with E-state index in [9.17, 15) is 9.36 Å². The Kier molecular flexibility index (Phi) is 5.96. The minimum atomic E-state index is -3.95. The van der Waals surface area contributed by atoms with E-state index in [1.807, 2.05) is 60.7 Å². The molecule has 6 nitrogen and oxygen atoms in total. The van der Waals surface area contributed by atoms with E-state index in [2.05, 4.69) is 0 Å². The molecule has 4 rings (SSSR count). The number of rotatable bonds is 8. The Morgan fingerprint density at radius 1 is 0.871 bits per heavy atom. The highest BCUT2D eigenvalue weighted by Crippen LogP contribution is 2.64. The number of ketones is 1. The van der Waals surface area contributed by atoms with Crippen LogP contribution in [-0.2, 0) is 26.6 Å². The van der Waals surface area contributed by atoms with E-state index < -0.39 is 18.7 Å². The number of fused-ring (bicyclic) bond motifs is 1. The van der Waals surface area contributed by atoms with Crippen LogP contribution in [0.3, 0.4) is 0 Å². The number of ether oxygens (including phenoxy) is 2. The van der Waals surface area contributed by atoms with Crippen LogP contribution >= 0.6 is 7.60 Å². The first kappa shape index (κ1) is 21.3. The molecule has 31 heavy (non-hydrogen) atoms. The number of Topliss-reactive ketones (excluding diaryl/α,β-unsaturated/α-hetero) is 1. The van der Waals surface area contributed by atoms with Gasteiger partial charge in [-0.3, -0.25) is 9.36 Å². The Balaban J connectivity index is 1.67. The Hall–Kier alpha value is -2.92. The van der Waals surface area contributed by atoms with Gasteiger partial charge in [0.15, 0.2) is 0 Å². The molecule has 1 unspecified atom stereocenters. The highest BCUT2D eigenvalue weighted by atomic mass is 31.2. The van der Waals surface area contributed by atoms with Crippen LogP contribution in [0, 0.1) is 0 Å². The van der Waals surface area contributed by atoms with Gasteiger partial charge >= 0.3 is 7.60 Å². The maximum Gasteiger partial charge on any atom is 0.381 e. The van der Waals surface area contributed by atoms with Crippen LogP contribution in [0.5, 0.6) is 11.5 Å². The van der Waals surface area contributed by atoms with Crippen molar-refractivity contribution < 1.29 is 27.9 Å². The summed E-state index contributed by atoms with van der Waals surface area (Å²) >= 11 is 0. The van der Waals surface area contributed by atoms with Crippen LogP contribution in [-0.4, -0.2) is 25.3 Å². The number of carbonyl (C=O) groups excluding carboxylic acids is 1. The molecular weight excluding hydrogens is 415 g/mol. The molecule has 0 aromatic heterocycles. The molecule has 1 aliphatic heterocycles. The zero-order valence-electron chi connectivity index (χ0n) is 17.3. The van der Waals surface area contributed by atoms with Crippen LogP contribution in [0.15, 0.2) is 78.9 Å². The average Bonchev–Trinajstić information content (AvgIpc) is 3.10. The molecule has 0 spiro atoms. The van der Waals surface area contributed by atoms with Crippen LogP contribution in [0.25, 0.3) is 0 Å². The number of benzene rings is 3. The lowest BCUT2D eigenvalue weighted by Crippen LogP contribution is -2.43. The van der Waals surface area contributed by atoms with E-state index in [0.717, 1.165) is 11.1 Å². The molecule has 0 amide bonds. The van der Waals surface area contributed by atoms with E-state index in [0.29, 0.717) is 18.1 Å². The standard InChI is InChI=1S/C24H23O6P/c1-27-31(26,28-2)24(16-18-9-5-3-6-10-18)23(25)21-15-20(13-14-22(21)30-24)29-17-19-11-7-4-8-12-19/h3-15H,16-17H2,1-2H3. The first-order valence-electron chi connectivity index (χ1n) is 9.81. The number of carbonyl (C=O) groups is 1. The third-order valence-corrected chi connectivity index (χ3v) is 7.59. The van der Waals surface area contributed by atoms with Gasteiger partial charge in [-0.25, -0.2) is 0 Å². The molecule has 160 valence electrons. The van der Waals surface area contributed by atoms with Crippen molar-refractivity contribution in [2.45, 2.75) is 18.4 Å². The lowest BCUT2D eigenvalue weighted by atomic mass is 10.0. The Bertz CT molecular complexity index is 1110. The monoisotopic (exact) mass is 438 g/mol. The third-order valence-electron chi connectivity index (χ3n) is 5.29. The SMILES string of the molecule is COP(=O)(OC)C1(Cc2ccccc2)Oc2ccc(OCc3ccccc3)cc2C1=O. The number of hydrogen-bond acceptors (Lipinski definition) is 6. The van der Waals surface area contributed by atoms with Crippen molar-refractivity contribution in [2.75, 3.05) is 14.2 Å². The molecule has 0 aliphatic carbocycles. The molecule has 1 aliphatic rings. The summed E-state index contributed by atoms with van der Waals surface area (Å²) in [5, 5.41) is -1.81. The summed E-state index contributed by atoms with van der Waals surface area (Å²) in [5.74, 6) is 0.380. The van der Waals surface area contributed by atoms with Gasteiger partial charge in [0.25, 0.3) is 5.34 Å². The minimum absolute atomic E-state index is 0.0422. The molecule has 3 aromatic carbocycles. The summed E-state index contributed by atoms with van der Waals surface area (Å²) in [6, 6.07) is 23.9. The summed E-state index contributed by atoms with van der Waals surface area (Å²) in [6.45, 7) is 0.360. The second kappa shape index (κ2) is 8.67. The Morgan fingerprint density at radius 3 is 2.10 bits per heavy atom. The predicted molar refractivity (Wildman–Crippen MR) is 117 cm³/mol. The lowest BCUT2D eigenvalue weighted by Gasteiger charge is -2.32. The number of hydrogen-bond donors (Lipinski definition) is 0. The van der Waals surface area contributed by atoms with Gasteiger partial charge in [-0.2, -0.15) is 0 Å². The smallest absolute Gasteiger partial charge is 0.381 e. The maximum atomic E-state index is 13.6. The quantitative estimate of drug-likeness (QED) is 0.447. The van der Waals surface area contributed by atoms with E-state index >= 15 is 0 Å². The Labute approximate surface area is 181 Å². The van der Waals surface area contributed by atoms with Gasteiger partial charge in [0, 0.05) is 20.6 Å². The molecule has 3 aromatic rings. The fraction of sp³-hybridized carbons (Fsp3) is 0.208. The molecule has 1 atom stereocenters. The first-order chi connectivity index (χ1) is 15.0. The molecule has 1 heterocycles. The molecule has 0 bridgehead atoms. The molecule has 0 radical (unpaired) electrons. The molecule has 7 heteroatoms. The van der Waals surface area contributed by atoms with E-state index in [1.165, 1.54) is 14.2 Å². The summed E-state index contributed by atoms with van der Waals surface area (Å²) in [5.41, 5.74) is 2.07. The van der Waals surface area contributed by atoms with Crippen LogP contribution in [0.2, 0.25) is 0 Å². The van der Waals surface area contributed by atoms with Crippen LogP contribution < -0.4 is 9.47 Å². The van der Waals surface area contributed by atoms with Gasteiger partial charge in [-0.15, -0.1) is 0 Å². The van der Waals surface area contributed by atoms with Crippen molar-refractivity contribution in [3.8, 4) is 11.5 Å². The molecule has 0 saturated heterocycles. The fourth-order valence-corrected chi connectivity index (χ4v) is 5.37. The van der Waals surface area contributed by atoms with E-state index in [1.54, 1.807) is 18.2 Å². The minimum Gasteiger partial charge on any atom is -0.489 e. The largest absolute Gasteiger partial charge is 0.489 e. The fourth-order valence-electron chi connectivity index (χ4n) is 3.68. The van der Waals surface area contributed by atoms with Crippen LogP contribution in [0.1, 0.15) is 21.5 Å². The molecular formula is C24H23O6P. The summed E-state index contributed by atoms with van der Waals surface area (Å²) in [4.78, 5) is 13.6. The van der Waals surface area contributed by atoms with Gasteiger partial charge in [0.1, 0.15) is 18.1 Å². The normalized spacial score (nSPS) is 17.8. The van der Waals surface area contributed by atoms with Crippen LogP contribution in [0.4, 0.5) is 0 Å². The van der Waals surface area contributed by atoms with Gasteiger partial charge in [0.2, 0.25) is 5.78 Å². The molecule has 0 saturated carbocycles. The summed E-state index contributed by atoms with van der Waals surface area (Å²) < 4.78 is 35.9. The zero-order chi connectivity index (χ0) is 21.9. The highest BCUT2D eigenvalue weighted by molar-refractivity contribution is 7.56. The van der Waals surface area contributed by atoms with Crippen molar-refractivity contribution in [3.63, 3.8) is 0 Å². The van der Waals surface area contributed by atoms with Gasteiger partial charge in [-0.05, 0) is 29.3 Å². The van der Waals surface area contributed by atoms with E-state index in [-0.39, 0.29) is 12.0 Å². The topological polar surface area (TPSA) is 71.1 Å². The highest BCUT2D eigenvalue weighted by Gasteiger charge is 2.62. The second-order valence-corrected chi connectivity index (χ2v) is 9.62. The Morgan fingerprint density at radius 2 is 1.48 bits per heavy atom.